The van der Waals surface area contributed by atoms with Crippen molar-refractivity contribution in [3.63, 3.8) is 0 Å². The summed E-state index contributed by atoms with van der Waals surface area (Å²) in [5.41, 5.74) is 0.529. The second-order valence-corrected chi connectivity index (χ2v) is 8.47. The van der Waals surface area contributed by atoms with E-state index < -0.39 is 23.3 Å². The van der Waals surface area contributed by atoms with Gasteiger partial charge in [0.25, 0.3) is 0 Å². The minimum atomic E-state index is -1.24. The molecule has 1 unspecified atom stereocenters. The molecule has 1 aromatic heterocycles. The number of aromatic nitrogens is 2. The molecule has 11 heteroatoms. The molecule has 0 saturated carbocycles. The highest BCUT2D eigenvalue weighted by atomic mass is 35.5. The zero-order valence-corrected chi connectivity index (χ0v) is 19.5. The van der Waals surface area contributed by atoms with Gasteiger partial charge in [0.15, 0.2) is 17.5 Å². The molecule has 4 aromatic rings. The zero-order chi connectivity index (χ0) is 25.3. The molecule has 0 saturated heterocycles. The number of fused-ring (bicyclic) bond motifs is 1. The fourth-order valence-corrected chi connectivity index (χ4v) is 3.87. The van der Waals surface area contributed by atoms with Crippen LogP contribution in [0, 0.1) is 22.9 Å². The molecule has 0 radical (unpaired) electrons. The Balaban J connectivity index is 1.66. The highest BCUT2D eigenvalue weighted by molar-refractivity contribution is 6.31. The van der Waals surface area contributed by atoms with Crippen LogP contribution in [0.2, 0.25) is 5.02 Å². The van der Waals surface area contributed by atoms with Crippen molar-refractivity contribution in [2.24, 2.45) is 0 Å². The van der Waals surface area contributed by atoms with Gasteiger partial charge in [-0.3, -0.25) is 10.6 Å². The summed E-state index contributed by atoms with van der Waals surface area (Å²) in [6.45, 7) is 0.397. The molecule has 1 atom stereocenters. The smallest absolute Gasteiger partial charge is 0.201 e. The van der Waals surface area contributed by atoms with E-state index in [1.807, 2.05) is 49.3 Å². The van der Waals surface area contributed by atoms with Crippen LogP contribution in [-0.4, -0.2) is 46.6 Å². The molecule has 0 spiro atoms. The molecule has 4 rings (SSSR count). The van der Waals surface area contributed by atoms with Gasteiger partial charge in [0.1, 0.15) is 11.3 Å². The van der Waals surface area contributed by atoms with Crippen LogP contribution in [0.5, 0.6) is 0 Å². The van der Waals surface area contributed by atoms with E-state index in [1.165, 1.54) is 6.07 Å². The third-order valence-electron chi connectivity index (χ3n) is 5.55. The minimum Gasteiger partial charge on any atom is -0.354 e. The van der Waals surface area contributed by atoms with Gasteiger partial charge in [0, 0.05) is 12.1 Å². The van der Waals surface area contributed by atoms with Crippen molar-refractivity contribution in [3.05, 3.63) is 88.2 Å². The summed E-state index contributed by atoms with van der Waals surface area (Å²) in [6.07, 6.45) is 0. The second kappa shape index (κ2) is 9.95. The van der Waals surface area contributed by atoms with Crippen molar-refractivity contribution in [1.82, 2.24) is 14.9 Å². The van der Waals surface area contributed by atoms with Gasteiger partial charge < -0.3 is 15.2 Å². The molecule has 7 nitrogen and oxygen atoms in total. The summed E-state index contributed by atoms with van der Waals surface area (Å²) in [6, 6.07) is 13.8. The normalized spacial score (nSPS) is 12.2. The van der Waals surface area contributed by atoms with E-state index in [0.29, 0.717) is 11.6 Å². The molecule has 4 N–H and O–H groups in total. The van der Waals surface area contributed by atoms with E-state index in [0.717, 1.165) is 23.8 Å². The van der Waals surface area contributed by atoms with Crippen LogP contribution < -0.4 is 10.4 Å². The quantitative estimate of drug-likeness (QED) is 0.151. The average Bonchev–Trinajstić information content (AvgIpc) is 3.27. The fourth-order valence-electron chi connectivity index (χ4n) is 3.70. The van der Waals surface area contributed by atoms with E-state index in [2.05, 4.69) is 15.3 Å². The number of aromatic amines is 1. The maximum absolute atomic E-state index is 14.6. The lowest BCUT2D eigenvalue weighted by Gasteiger charge is -2.25. The van der Waals surface area contributed by atoms with Crippen molar-refractivity contribution in [2.75, 3.05) is 31.0 Å². The van der Waals surface area contributed by atoms with Gasteiger partial charge in [-0.05, 0) is 43.9 Å². The van der Waals surface area contributed by atoms with Crippen LogP contribution in [-0.2, 0) is 0 Å². The van der Waals surface area contributed by atoms with E-state index >= 15 is 0 Å². The fraction of sp³-hybridized carbons (Fsp3) is 0.167. The van der Waals surface area contributed by atoms with Gasteiger partial charge in [-0.15, -0.1) is 0 Å². The van der Waals surface area contributed by atoms with Crippen LogP contribution >= 0.6 is 11.6 Å². The van der Waals surface area contributed by atoms with E-state index in [4.69, 9.17) is 17.0 Å². The molecule has 182 valence electrons. The maximum Gasteiger partial charge on any atom is 0.201 e. The molecular weight excluding hydrogens is 481 g/mol. The largest absolute Gasteiger partial charge is 0.354 e. The minimum absolute atomic E-state index is 0.00442. The molecule has 35 heavy (non-hydrogen) atoms. The number of hydrogen-bond donors (Lipinski definition) is 4. The molecule has 0 amide bonds. The molecule has 3 aromatic carbocycles. The van der Waals surface area contributed by atoms with Crippen molar-refractivity contribution in [3.8, 4) is 0 Å². The van der Waals surface area contributed by atoms with Gasteiger partial charge in [-0.2, -0.15) is 0 Å². The topological polar surface area (TPSA) is 91.3 Å². The summed E-state index contributed by atoms with van der Waals surface area (Å²) in [4.78, 5) is 9.01. The second-order valence-electron chi connectivity index (χ2n) is 8.06. The number of nitrogens with zero attached hydrogens (tertiary/aromatic N) is 3. The number of amidine groups is 1. The first kappa shape index (κ1) is 24.5. The summed E-state index contributed by atoms with van der Waals surface area (Å²) in [7, 11) is 3.84. The van der Waals surface area contributed by atoms with Crippen molar-refractivity contribution >= 4 is 40.1 Å². The molecular formula is C24H22ClF3N6O. The number of rotatable bonds is 7. The number of halogens is 4. The number of likely N-dealkylation sites (N-methyl/N-ethyl adjacent to an activating group) is 1. The van der Waals surface area contributed by atoms with Gasteiger partial charge in [0.05, 0.1) is 22.3 Å². The monoisotopic (exact) mass is 502 g/mol. The van der Waals surface area contributed by atoms with Gasteiger partial charge in [0.2, 0.25) is 5.95 Å². The molecule has 1 heterocycles. The molecule has 0 bridgehead atoms. The summed E-state index contributed by atoms with van der Waals surface area (Å²) in [5, 5.41) is 22.1. The third-order valence-corrected chi connectivity index (χ3v) is 5.84. The predicted molar refractivity (Wildman–Crippen MR) is 130 cm³/mol. The molecule has 0 fully saturated rings. The Hall–Kier alpha value is -3.60. The summed E-state index contributed by atoms with van der Waals surface area (Å²) >= 11 is 5.76. The Kier molecular flexibility index (Phi) is 6.97. The number of nitrogens with one attached hydrogen (secondary N) is 3. The third kappa shape index (κ3) is 4.95. The number of hydroxylamine groups is 1. The lowest BCUT2D eigenvalue weighted by Crippen LogP contribution is -2.27. The van der Waals surface area contributed by atoms with E-state index in [-0.39, 0.29) is 39.3 Å². The lowest BCUT2D eigenvalue weighted by atomic mass is 10.1. The number of benzene rings is 3. The SMILES string of the molecule is CN(C)C(CNc1nc2c(F)c(F)cc(C(=N)N(O)c3ccc(F)c(Cl)c3)c2[nH]1)c1ccccc1. The Bertz CT molecular complexity index is 1380. The maximum atomic E-state index is 14.6. The lowest BCUT2D eigenvalue weighted by molar-refractivity contribution is 0.311. The Labute approximate surface area is 204 Å². The first-order valence-electron chi connectivity index (χ1n) is 10.5. The van der Waals surface area contributed by atoms with Gasteiger partial charge >= 0.3 is 0 Å². The number of hydrogen-bond acceptors (Lipinski definition) is 5. The van der Waals surface area contributed by atoms with Crippen LogP contribution in [0.1, 0.15) is 17.2 Å². The first-order valence-corrected chi connectivity index (χ1v) is 10.9. The summed E-state index contributed by atoms with van der Waals surface area (Å²) in [5.74, 6) is -3.57. The van der Waals surface area contributed by atoms with E-state index in [1.54, 1.807) is 0 Å². The van der Waals surface area contributed by atoms with Crippen molar-refractivity contribution in [2.45, 2.75) is 6.04 Å². The zero-order valence-electron chi connectivity index (χ0n) is 18.8. The highest BCUT2D eigenvalue weighted by Crippen LogP contribution is 2.28. The van der Waals surface area contributed by atoms with Crippen molar-refractivity contribution < 1.29 is 18.4 Å². The Morgan fingerprint density at radius 2 is 1.83 bits per heavy atom. The first-order chi connectivity index (χ1) is 16.7. The van der Waals surface area contributed by atoms with Crippen LogP contribution in [0.3, 0.4) is 0 Å². The van der Waals surface area contributed by atoms with Gasteiger partial charge in [-0.25, -0.2) is 23.2 Å². The number of imidazole rings is 1. The standard InChI is InChI=1S/C24H22ClF3N6O/c1-33(2)19(13-6-4-3-5-7-13)12-30-24-31-21-15(11-18(27)20(28)22(21)32-24)23(29)34(35)14-8-9-17(26)16(25)10-14/h3-11,19,29,35H,12H2,1-2H3,(H2,30,31,32). The predicted octanol–water partition coefficient (Wildman–Crippen LogP) is 5.57. The highest BCUT2D eigenvalue weighted by Gasteiger charge is 2.23. The Morgan fingerprint density at radius 1 is 1.11 bits per heavy atom. The van der Waals surface area contributed by atoms with E-state index in [9.17, 15) is 18.4 Å². The van der Waals surface area contributed by atoms with Crippen molar-refractivity contribution in [1.29, 1.82) is 5.41 Å². The summed E-state index contributed by atoms with van der Waals surface area (Å²) < 4.78 is 42.4. The van der Waals surface area contributed by atoms with Gasteiger partial charge in [-0.1, -0.05) is 41.9 Å². The van der Waals surface area contributed by atoms with Crippen LogP contribution in [0.4, 0.5) is 24.8 Å². The number of H-pyrrole nitrogens is 1. The molecule has 0 aliphatic heterocycles. The molecule has 0 aliphatic rings. The Morgan fingerprint density at radius 3 is 2.49 bits per heavy atom. The average molecular weight is 503 g/mol. The molecule has 0 aliphatic carbocycles. The van der Waals surface area contributed by atoms with Crippen LogP contribution in [0.25, 0.3) is 11.0 Å². The number of anilines is 2. The van der Waals surface area contributed by atoms with Crippen LogP contribution in [0.15, 0.2) is 54.6 Å².